The minimum absolute atomic E-state index is 0.0187. The van der Waals surface area contributed by atoms with Gasteiger partial charge in [0.05, 0.1) is 30.8 Å². The molecule has 5 rings (SSSR count). The molecule has 0 N–H and O–H groups in total. The van der Waals surface area contributed by atoms with E-state index in [9.17, 15) is 23.3 Å². The van der Waals surface area contributed by atoms with Crippen LogP contribution in [0.3, 0.4) is 0 Å². The summed E-state index contributed by atoms with van der Waals surface area (Å²) in [7, 11) is 1.13. The number of fused-ring (bicyclic) bond motifs is 2. The van der Waals surface area contributed by atoms with E-state index in [1.807, 2.05) is 7.05 Å². The van der Waals surface area contributed by atoms with Crippen molar-refractivity contribution in [2.24, 2.45) is 0 Å². The largest absolute Gasteiger partial charge is 0.436 e. The van der Waals surface area contributed by atoms with Gasteiger partial charge in [-0.1, -0.05) is 17.7 Å². The molecule has 40 heavy (non-hydrogen) atoms. The van der Waals surface area contributed by atoms with Gasteiger partial charge in [0, 0.05) is 68.4 Å². The van der Waals surface area contributed by atoms with E-state index in [-0.39, 0.29) is 48.5 Å². The second-order valence-corrected chi connectivity index (χ2v) is 13.8. The van der Waals surface area contributed by atoms with Gasteiger partial charge in [-0.05, 0) is 24.6 Å². The number of likely N-dealkylation sites (N-methyl/N-ethyl adjacent to an activating group) is 1. The van der Waals surface area contributed by atoms with Gasteiger partial charge >= 0.3 is 5.91 Å². The Hall–Kier alpha value is -3.02. The van der Waals surface area contributed by atoms with Crippen LogP contribution in [0, 0.1) is 11.3 Å². The number of hydrogen-bond acceptors (Lipinski definition) is 9. The lowest BCUT2D eigenvalue weighted by Crippen LogP contribution is -2.57. The number of rotatable bonds is 6. The Balaban J connectivity index is 1.46. The van der Waals surface area contributed by atoms with E-state index >= 15 is 0 Å². The fourth-order valence-corrected chi connectivity index (χ4v) is 8.74. The molecule has 1 fully saturated rings. The number of nitrogens with zero attached hydrogens (tertiary/aromatic N) is 6. The lowest BCUT2D eigenvalue weighted by atomic mass is 10.1. The summed E-state index contributed by atoms with van der Waals surface area (Å²) in [6.07, 6.45) is 0.519. The van der Waals surface area contributed by atoms with Crippen LogP contribution in [-0.4, -0.2) is 97.6 Å². The van der Waals surface area contributed by atoms with Crippen LogP contribution in [0.25, 0.3) is 10.1 Å². The van der Waals surface area contributed by atoms with Gasteiger partial charge < -0.3 is 14.2 Å². The number of thiophene rings is 1. The molecule has 1 atom stereocenters. The summed E-state index contributed by atoms with van der Waals surface area (Å²) >= 11 is 7.21. The van der Waals surface area contributed by atoms with Crippen LogP contribution in [0.4, 0.5) is 0 Å². The lowest BCUT2D eigenvalue weighted by Gasteiger charge is -2.40. The van der Waals surface area contributed by atoms with Gasteiger partial charge in [0.1, 0.15) is 9.97 Å². The average Bonchev–Trinajstić information content (AvgIpc) is 3.49. The molecule has 2 aliphatic heterocycles. The molecule has 0 spiro atoms. The number of carbonyl (C=O) groups is 2. The second kappa shape index (κ2) is 11.1. The number of benzene rings is 1. The standard InChI is InChI=1S/C26H29ClN6O5S2/c1-30(2)23(34)13-17-14-32(10-11-33(17)25(35)24-29-20-7-9-31(3)15-21(20)38-24)40(36,37)26-19(6-8-28)18-5-4-16(27)12-22(18)39-26/h4-5,12,17H,6-7,9-11,13-15H2,1-3H3. The van der Waals surface area contributed by atoms with Crippen LogP contribution in [0.2, 0.25) is 5.02 Å². The molecule has 0 radical (unpaired) electrons. The maximum atomic E-state index is 14.0. The van der Waals surface area contributed by atoms with E-state index in [1.165, 1.54) is 14.1 Å². The molecular weight excluding hydrogens is 576 g/mol. The Kier molecular flexibility index (Phi) is 7.91. The Bertz CT molecular complexity index is 1630. The molecule has 212 valence electrons. The number of halogens is 1. The molecule has 14 heteroatoms. The smallest absolute Gasteiger partial charge is 0.310 e. The van der Waals surface area contributed by atoms with Crippen LogP contribution in [0.1, 0.15) is 34.1 Å². The highest BCUT2D eigenvalue weighted by Gasteiger charge is 2.41. The first-order valence-corrected chi connectivity index (χ1v) is 15.4. The van der Waals surface area contributed by atoms with Gasteiger partial charge in [-0.25, -0.2) is 13.4 Å². The molecule has 1 aromatic carbocycles. The van der Waals surface area contributed by atoms with E-state index in [0.717, 1.165) is 23.6 Å². The minimum Gasteiger partial charge on any atom is -0.436 e. The molecule has 1 saturated heterocycles. The van der Waals surface area contributed by atoms with E-state index < -0.39 is 22.0 Å². The molecular formula is C26H29ClN6O5S2. The number of oxazole rings is 1. The third-order valence-electron chi connectivity index (χ3n) is 7.27. The average molecular weight is 605 g/mol. The number of amides is 2. The number of carbonyl (C=O) groups excluding carboxylic acids is 2. The minimum atomic E-state index is -4.05. The topological polar surface area (TPSA) is 131 Å². The van der Waals surface area contributed by atoms with Gasteiger partial charge in [0.25, 0.3) is 15.9 Å². The molecule has 0 aliphatic carbocycles. The van der Waals surface area contributed by atoms with E-state index in [0.29, 0.717) is 39.4 Å². The first-order valence-electron chi connectivity index (χ1n) is 12.8. The summed E-state index contributed by atoms with van der Waals surface area (Å²) in [4.78, 5) is 35.8. The van der Waals surface area contributed by atoms with Gasteiger partial charge in [0.2, 0.25) is 5.91 Å². The van der Waals surface area contributed by atoms with E-state index in [1.54, 1.807) is 32.3 Å². The normalized spacial score (nSPS) is 18.5. The number of sulfonamides is 1. The maximum Gasteiger partial charge on any atom is 0.310 e. The molecule has 11 nitrogen and oxygen atoms in total. The Morgan fingerprint density at radius 1 is 1.27 bits per heavy atom. The fourth-order valence-electron chi connectivity index (χ4n) is 5.08. The van der Waals surface area contributed by atoms with Crippen molar-refractivity contribution in [3.8, 4) is 6.07 Å². The van der Waals surface area contributed by atoms with Crippen LogP contribution < -0.4 is 0 Å². The first-order chi connectivity index (χ1) is 19.0. The van der Waals surface area contributed by atoms with Crippen LogP contribution in [0.15, 0.2) is 26.8 Å². The second-order valence-electron chi connectivity index (χ2n) is 10.2. The molecule has 0 bridgehead atoms. The number of aromatic nitrogens is 1. The zero-order valence-electron chi connectivity index (χ0n) is 22.4. The van der Waals surface area contributed by atoms with E-state index in [2.05, 4.69) is 16.0 Å². The zero-order valence-corrected chi connectivity index (χ0v) is 24.8. The highest BCUT2D eigenvalue weighted by Crippen LogP contribution is 2.38. The van der Waals surface area contributed by atoms with Crippen molar-refractivity contribution in [3.63, 3.8) is 0 Å². The summed E-state index contributed by atoms with van der Waals surface area (Å²) in [5.41, 5.74) is 1.17. The SMILES string of the molecule is CN1CCc2nc(C(=O)N3CCN(S(=O)(=O)c4sc5cc(Cl)ccc5c4CC#N)CC3CC(=O)N(C)C)oc2C1. The number of hydrogen-bond donors (Lipinski definition) is 0. The summed E-state index contributed by atoms with van der Waals surface area (Å²) < 4.78 is 35.8. The first kappa shape index (κ1) is 28.5. The Labute approximate surface area is 241 Å². The van der Waals surface area contributed by atoms with Crippen molar-refractivity contribution >= 4 is 54.9 Å². The van der Waals surface area contributed by atoms with Crippen LogP contribution in [0.5, 0.6) is 0 Å². The van der Waals surface area contributed by atoms with Gasteiger partial charge in [-0.15, -0.1) is 11.3 Å². The third-order valence-corrected chi connectivity index (χ3v) is 11.1. The molecule has 2 aliphatic rings. The van der Waals surface area contributed by atoms with Gasteiger partial charge in [0.15, 0.2) is 0 Å². The molecule has 2 aromatic heterocycles. The van der Waals surface area contributed by atoms with E-state index in [4.69, 9.17) is 16.0 Å². The van der Waals surface area contributed by atoms with Crippen molar-refractivity contribution in [2.75, 3.05) is 47.3 Å². The van der Waals surface area contributed by atoms with Crippen molar-refractivity contribution < 1.29 is 22.4 Å². The third kappa shape index (κ3) is 5.34. The van der Waals surface area contributed by atoms with Crippen molar-refractivity contribution in [3.05, 3.63) is 46.1 Å². The molecule has 3 aromatic rings. The highest BCUT2D eigenvalue weighted by atomic mass is 35.5. The number of nitriles is 1. The van der Waals surface area contributed by atoms with Crippen molar-refractivity contribution in [2.45, 2.75) is 36.1 Å². The maximum absolute atomic E-state index is 14.0. The molecule has 0 saturated carbocycles. The molecule has 4 heterocycles. The quantitative estimate of drug-likeness (QED) is 0.420. The van der Waals surface area contributed by atoms with Crippen molar-refractivity contribution in [1.29, 1.82) is 5.26 Å². The predicted octanol–water partition coefficient (Wildman–Crippen LogP) is 2.59. The van der Waals surface area contributed by atoms with Crippen LogP contribution >= 0.6 is 22.9 Å². The lowest BCUT2D eigenvalue weighted by molar-refractivity contribution is -0.130. The summed E-state index contributed by atoms with van der Waals surface area (Å²) in [6, 6.07) is 6.41. The summed E-state index contributed by atoms with van der Waals surface area (Å²) in [5, 5.41) is 10.6. The molecule has 1 unspecified atom stereocenters. The predicted molar refractivity (Wildman–Crippen MR) is 150 cm³/mol. The van der Waals surface area contributed by atoms with Gasteiger partial charge in [-0.2, -0.15) is 9.57 Å². The number of piperazine rings is 1. The summed E-state index contributed by atoms with van der Waals surface area (Å²) in [5.74, 6) is -0.102. The summed E-state index contributed by atoms with van der Waals surface area (Å²) in [6.45, 7) is 1.35. The van der Waals surface area contributed by atoms with Crippen LogP contribution in [-0.2, 0) is 34.2 Å². The van der Waals surface area contributed by atoms with Gasteiger partial charge in [-0.3, -0.25) is 14.5 Å². The fraction of sp³-hybridized carbons (Fsp3) is 0.462. The van der Waals surface area contributed by atoms with Crippen molar-refractivity contribution in [1.82, 2.24) is 24.0 Å². The monoisotopic (exact) mass is 604 g/mol. The Morgan fingerprint density at radius 2 is 2.05 bits per heavy atom. The Morgan fingerprint density at radius 3 is 2.77 bits per heavy atom. The molecule has 2 amide bonds. The highest BCUT2D eigenvalue weighted by molar-refractivity contribution is 7.91. The zero-order chi connectivity index (χ0) is 28.8.